The van der Waals surface area contributed by atoms with Crippen LogP contribution in [0.3, 0.4) is 0 Å². The van der Waals surface area contributed by atoms with E-state index in [4.69, 9.17) is 14.9 Å². The highest BCUT2D eigenvalue weighted by Gasteiger charge is 2.21. The highest BCUT2D eigenvalue weighted by atomic mass is 16.5. The first-order valence-electron chi connectivity index (χ1n) is 5.55. The lowest BCUT2D eigenvalue weighted by atomic mass is 9.93. The fourth-order valence-electron chi connectivity index (χ4n) is 1.31. The van der Waals surface area contributed by atoms with Gasteiger partial charge in [-0.1, -0.05) is 13.0 Å². The Kier molecular flexibility index (Phi) is 5.34. The van der Waals surface area contributed by atoms with E-state index in [9.17, 15) is 0 Å². The number of nitrogens with one attached hydrogen (secondary N) is 1. The number of rotatable bonds is 7. The molecule has 0 atom stereocenters. The third kappa shape index (κ3) is 4.30. The maximum absolute atomic E-state index is 9.12. The Morgan fingerprint density at radius 3 is 2.53 bits per heavy atom. The molecule has 96 valence electrons. The van der Waals surface area contributed by atoms with E-state index in [0.29, 0.717) is 19.0 Å². The van der Waals surface area contributed by atoms with E-state index in [1.807, 2.05) is 13.0 Å². The Hall–Kier alpha value is -1.17. The molecule has 0 amide bonds. The molecule has 0 aromatic carbocycles. The van der Waals surface area contributed by atoms with Crippen LogP contribution in [0.5, 0.6) is 5.88 Å². The van der Waals surface area contributed by atoms with Gasteiger partial charge in [-0.15, -0.1) is 0 Å². The summed E-state index contributed by atoms with van der Waals surface area (Å²) in [5.41, 5.74) is 0.545. The lowest BCUT2D eigenvalue weighted by molar-refractivity contribution is 0.0695. The molecule has 0 saturated heterocycles. The van der Waals surface area contributed by atoms with E-state index in [2.05, 4.69) is 10.3 Å². The third-order valence-corrected chi connectivity index (χ3v) is 2.65. The van der Waals surface area contributed by atoms with Crippen LogP contribution in [0.15, 0.2) is 18.3 Å². The van der Waals surface area contributed by atoms with Gasteiger partial charge in [0.05, 0.1) is 20.3 Å². The highest BCUT2D eigenvalue weighted by molar-refractivity contribution is 5.17. The van der Waals surface area contributed by atoms with Gasteiger partial charge in [0.15, 0.2) is 0 Å². The Morgan fingerprint density at radius 1 is 1.35 bits per heavy atom. The number of methoxy groups -OCH3 is 1. The summed E-state index contributed by atoms with van der Waals surface area (Å²) in [5.74, 6) is 0.587. The molecule has 1 aromatic rings. The molecule has 3 N–H and O–H groups in total. The predicted octanol–water partition coefficient (Wildman–Crippen LogP) is 0.171. The van der Waals surface area contributed by atoms with E-state index in [0.717, 1.165) is 5.56 Å². The number of ether oxygens (including phenoxy) is 1. The van der Waals surface area contributed by atoms with Crippen molar-refractivity contribution in [2.24, 2.45) is 5.41 Å². The van der Waals surface area contributed by atoms with E-state index < -0.39 is 5.41 Å². The van der Waals surface area contributed by atoms with Crippen molar-refractivity contribution >= 4 is 0 Å². The minimum Gasteiger partial charge on any atom is -0.481 e. The summed E-state index contributed by atoms with van der Waals surface area (Å²) in [4.78, 5) is 4.09. The quantitative estimate of drug-likeness (QED) is 0.633. The summed E-state index contributed by atoms with van der Waals surface area (Å²) >= 11 is 0. The zero-order valence-corrected chi connectivity index (χ0v) is 10.3. The Morgan fingerprint density at radius 2 is 2.06 bits per heavy atom. The zero-order valence-electron chi connectivity index (χ0n) is 10.3. The first-order chi connectivity index (χ1) is 8.13. The van der Waals surface area contributed by atoms with Gasteiger partial charge in [-0.2, -0.15) is 0 Å². The van der Waals surface area contributed by atoms with Gasteiger partial charge in [-0.3, -0.25) is 0 Å². The molecule has 0 fully saturated rings. The van der Waals surface area contributed by atoms with E-state index in [-0.39, 0.29) is 13.2 Å². The number of pyridine rings is 1. The van der Waals surface area contributed by atoms with Crippen LogP contribution in [0.4, 0.5) is 0 Å². The molecule has 0 aliphatic rings. The fraction of sp³-hybridized carbons (Fsp3) is 0.583. The summed E-state index contributed by atoms with van der Waals surface area (Å²) in [6.07, 6.45) is 1.74. The van der Waals surface area contributed by atoms with Crippen molar-refractivity contribution in [1.82, 2.24) is 10.3 Å². The second-order valence-electron chi connectivity index (χ2n) is 4.44. The maximum atomic E-state index is 9.12. The highest BCUT2D eigenvalue weighted by Crippen LogP contribution is 2.12. The van der Waals surface area contributed by atoms with Gasteiger partial charge in [0.25, 0.3) is 0 Å². The third-order valence-electron chi connectivity index (χ3n) is 2.65. The first kappa shape index (κ1) is 13.9. The summed E-state index contributed by atoms with van der Waals surface area (Å²) < 4.78 is 4.97. The molecule has 0 radical (unpaired) electrons. The second-order valence-corrected chi connectivity index (χ2v) is 4.44. The molecule has 0 aliphatic heterocycles. The average molecular weight is 240 g/mol. The van der Waals surface area contributed by atoms with Crippen LogP contribution in [0.1, 0.15) is 12.5 Å². The fourth-order valence-corrected chi connectivity index (χ4v) is 1.31. The van der Waals surface area contributed by atoms with E-state index >= 15 is 0 Å². The van der Waals surface area contributed by atoms with Crippen LogP contribution in [-0.4, -0.2) is 42.1 Å². The normalized spacial score (nSPS) is 11.5. The van der Waals surface area contributed by atoms with Crippen molar-refractivity contribution in [3.8, 4) is 5.88 Å². The first-order valence-corrected chi connectivity index (χ1v) is 5.55. The van der Waals surface area contributed by atoms with E-state index in [1.54, 1.807) is 19.4 Å². The molecule has 0 unspecified atom stereocenters. The summed E-state index contributed by atoms with van der Waals surface area (Å²) in [7, 11) is 1.58. The molecule has 0 aliphatic carbocycles. The van der Waals surface area contributed by atoms with Crippen molar-refractivity contribution in [3.63, 3.8) is 0 Å². The SMILES string of the molecule is COc1ccc(CNCC(C)(CO)CO)cn1. The number of aliphatic hydroxyl groups is 2. The molecule has 5 nitrogen and oxygen atoms in total. The molecule has 0 saturated carbocycles. The van der Waals surface area contributed by atoms with Crippen LogP contribution in [0.25, 0.3) is 0 Å². The van der Waals surface area contributed by atoms with Crippen molar-refractivity contribution in [2.45, 2.75) is 13.5 Å². The molecule has 5 heteroatoms. The summed E-state index contributed by atoms with van der Waals surface area (Å²) in [6, 6.07) is 3.72. The van der Waals surface area contributed by atoms with Gasteiger partial charge in [0.2, 0.25) is 5.88 Å². The van der Waals surface area contributed by atoms with Gasteiger partial charge in [-0.05, 0) is 5.56 Å². The Balaban J connectivity index is 2.40. The van der Waals surface area contributed by atoms with E-state index in [1.165, 1.54) is 0 Å². The number of hydrogen-bond donors (Lipinski definition) is 3. The lowest BCUT2D eigenvalue weighted by Crippen LogP contribution is -2.37. The minimum atomic E-state index is -0.486. The number of hydrogen-bond acceptors (Lipinski definition) is 5. The Labute approximate surface area is 101 Å². The molecule has 0 spiro atoms. The molecule has 17 heavy (non-hydrogen) atoms. The van der Waals surface area contributed by atoms with Crippen molar-refractivity contribution in [3.05, 3.63) is 23.9 Å². The van der Waals surface area contributed by atoms with Gasteiger partial charge in [0.1, 0.15) is 0 Å². The smallest absolute Gasteiger partial charge is 0.212 e. The van der Waals surface area contributed by atoms with Gasteiger partial charge in [0, 0.05) is 30.8 Å². The molecular formula is C12H20N2O3. The number of aromatic nitrogens is 1. The van der Waals surface area contributed by atoms with Crippen LogP contribution in [0, 0.1) is 5.41 Å². The van der Waals surface area contributed by atoms with Crippen LogP contribution < -0.4 is 10.1 Å². The maximum Gasteiger partial charge on any atom is 0.212 e. The topological polar surface area (TPSA) is 74.6 Å². The van der Waals surface area contributed by atoms with Crippen molar-refractivity contribution in [2.75, 3.05) is 26.9 Å². The summed E-state index contributed by atoms with van der Waals surface area (Å²) in [6.45, 7) is 2.93. The molecule has 1 rings (SSSR count). The van der Waals surface area contributed by atoms with Gasteiger partial charge < -0.3 is 20.3 Å². The molecule has 1 aromatic heterocycles. The lowest BCUT2D eigenvalue weighted by Gasteiger charge is -2.24. The van der Waals surface area contributed by atoms with Gasteiger partial charge in [-0.25, -0.2) is 4.98 Å². The zero-order chi connectivity index (χ0) is 12.7. The predicted molar refractivity (Wildman–Crippen MR) is 64.8 cm³/mol. The molecular weight excluding hydrogens is 220 g/mol. The average Bonchev–Trinajstić information content (AvgIpc) is 2.39. The number of aliphatic hydroxyl groups excluding tert-OH is 2. The standard InChI is InChI=1S/C12H20N2O3/c1-12(8-15,9-16)7-13-5-10-3-4-11(17-2)14-6-10/h3-4,6,13,15-16H,5,7-9H2,1-2H3. The van der Waals surface area contributed by atoms with Gasteiger partial charge >= 0.3 is 0 Å². The molecule has 1 heterocycles. The largest absolute Gasteiger partial charge is 0.481 e. The minimum absolute atomic E-state index is 0.0443. The Bertz CT molecular complexity index is 323. The van der Waals surface area contributed by atoms with Crippen molar-refractivity contribution in [1.29, 1.82) is 0 Å². The van der Waals surface area contributed by atoms with Crippen LogP contribution in [0.2, 0.25) is 0 Å². The molecule has 0 bridgehead atoms. The number of nitrogens with zero attached hydrogens (tertiary/aromatic N) is 1. The van der Waals surface area contributed by atoms with Crippen molar-refractivity contribution < 1.29 is 14.9 Å². The van der Waals surface area contributed by atoms with Crippen LogP contribution in [-0.2, 0) is 6.54 Å². The van der Waals surface area contributed by atoms with Crippen LogP contribution >= 0.6 is 0 Å². The monoisotopic (exact) mass is 240 g/mol. The second kappa shape index (κ2) is 6.54. The summed E-state index contributed by atoms with van der Waals surface area (Å²) in [5, 5.41) is 21.4.